The van der Waals surface area contributed by atoms with Gasteiger partial charge in [-0.15, -0.1) is 11.3 Å². The van der Waals surface area contributed by atoms with Crippen molar-refractivity contribution in [3.8, 4) is 0 Å². The first kappa shape index (κ1) is 44.4. The Bertz CT molecular complexity index is 3340. The summed E-state index contributed by atoms with van der Waals surface area (Å²) in [6.07, 6.45) is 5.91. The Kier molecular flexibility index (Phi) is 8.98. The molecule has 2 nitrogen and oxygen atoms in total. The highest BCUT2D eigenvalue weighted by Gasteiger charge is 2.50. The summed E-state index contributed by atoms with van der Waals surface area (Å²) in [6.45, 7) is 39.3. The number of aryl methyl sites for hydroxylation is 1. The molecule has 1 aromatic heterocycles. The molecule has 0 radical (unpaired) electrons. The Morgan fingerprint density at radius 1 is 0.471 bits per heavy atom. The van der Waals surface area contributed by atoms with Gasteiger partial charge >= 0.3 is 0 Å². The molecule has 68 heavy (non-hydrogen) atoms. The third-order valence-electron chi connectivity index (χ3n) is 18.3. The van der Waals surface area contributed by atoms with Crippen molar-refractivity contribution in [2.75, 3.05) is 9.80 Å². The predicted octanol–water partition coefficient (Wildman–Crippen LogP) is 16.4. The molecule has 0 unspecified atom stereocenters. The minimum absolute atomic E-state index is 0.0509. The van der Waals surface area contributed by atoms with E-state index < -0.39 is 0 Å². The van der Waals surface area contributed by atoms with Crippen molar-refractivity contribution in [3.05, 3.63) is 136 Å². The molecule has 5 aliphatic rings. The van der Waals surface area contributed by atoms with Crippen LogP contribution in [0, 0.1) is 6.92 Å². The second kappa shape index (κ2) is 13.7. The van der Waals surface area contributed by atoms with Crippen LogP contribution in [0.5, 0.6) is 0 Å². The van der Waals surface area contributed by atoms with Gasteiger partial charge in [-0.25, -0.2) is 0 Å². The van der Waals surface area contributed by atoms with Crippen molar-refractivity contribution in [1.82, 2.24) is 0 Å². The van der Waals surface area contributed by atoms with E-state index in [4.69, 9.17) is 0 Å². The fourth-order valence-corrected chi connectivity index (χ4v) is 15.6. The van der Waals surface area contributed by atoms with Gasteiger partial charge in [-0.05, 0) is 186 Å². The number of benzene rings is 6. The first-order valence-electron chi connectivity index (χ1n) is 25.9. The highest BCUT2D eigenvalue weighted by Crippen LogP contribution is 2.56. The molecule has 4 heteroatoms. The molecular formula is C64H73BN2S. The first-order chi connectivity index (χ1) is 31.7. The summed E-state index contributed by atoms with van der Waals surface area (Å²) >= 11 is 1.98. The Morgan fingerprint density at radius 3 is 1.59 bits per heavy atom. The van der Waals surface area contributed by atoms with E-state index >= 15 is 0 Å². The van der Waals surface area contributed by atoms with Gasteiger partial charge in [0.1, 0.15) is 0 Å². The van der Waals surface area contributed by atoms with E-state index in [1.54, 1.807) is 0 Å². The van der Waals surface area contributed by atoms with Crippen LogP contribution in [0.2, 0.25) is 0 Å². The van der Waals surface area contributed by atoms with Crippen LogP contribution in [0.4, 0.5) is 34.1 Å². The number of anilines is 6. The van der Waals surface area contributed by atoms with Crippen LogP contribution >= 0.6 is 11.3 Å². The Hall–Kier alpha value is -4.80. The summed E-state index contributed by atoms with van der Waals surface area (Å²) in [7, 11) is 0. The first-order valence-corrected chi connectivity index (χ1v) is 26.7. The SMILES string of the molecule is Cc1cc2c3c(c1)N(c1cccc4c1sc1cc(C(C)(C)C)ccc14)c1cc4c(cc1B3c1cc3c(cc1N2c1ccc2c(c1)C(C)(C)CCC2(C)C)C(C)(C)CCC3(C)C)C(C)(C)CC4(C)C. The smallest absolute Gasteiger partial charge is 0.252 e. The lowest BCUT2D eigenvalue weighted by Gasteiger charge is -2.48. The van der Waals surface area contributed by atoms with E-state index in [0.29, 0.717) is 0 Å². The molecular weight excluding hydrogens is 840 g/mol. The highest BCUT2D eigenvalue weighted by atomic mass is 32.1. The number of rotatable bonds is 2. The fourth-order valence-electron chi connectivity index (χ4n) is 14.3. The molecule has 0 fully saturated rings. The van der Waals surface area contributed by atoms with Crippen LogP contribution < -0.4 is 26.2 Å². The zero-order valence-corrected chi connectivity index (χ0v) is 44.9. The molecule has 0 saturated carbocycles. The molecule has 0 amide bonds. The van der Waals surface area contributed by atoms with Crippen molar-refractivity contribution in [2.45, 2.75) is 181 Å². The van der Waals surface area contributed by atoms with Crippen molar-refractivity contribution in [1.29, 1.82) is 0 Å². The average molecular weight is 913 g/mol. The van der Waals surface area contributed by atoms with E-state index in [9.17, 15) is 0 Å². The van der Waals surface area contributed by atoms with Gasteiger partial charge in [0.2, 0.25) is 0 Å². The van der Waals surface area contributed by atoms with Gasteiger partial charge in [0.05, 0.1) is 10.4 Å². The molecule has 6 aromatic carbocycles. The van der Waals surface area contributed by atoms with Crippen LogP contribution in [0.1, 0.15) is 180 Å². The van der Waals surface area contributed by atoms with E-state index in [1.165, 1.54) is 141 Å². The lowest BCUT2D eigenvalue weighted by atomic mass is 9.33. The Balaban J connectivity index is 1.21. The number of thiophene rings is 1. The van der Waals surface area contributed by atoms with E-state index in [2.05, 4.69) is 212 Å². The molecule has 0 saturated heterocycles. The predicted molar refractivity (Wildman–Crippen MR) is 298 cm³/mol. The summed E-state index contributed by atoms with van der Waals surface area (Å²) in [5.41, 5.74) is 24.6. The third-order valence-corrected chi connectivity index (χ3v) is 19.5. The van der Waals surface area contributed by atoms with Crippen LogP contribution in [-0.2, 0) is 37.9 Å². The zero-order valence-electron chi connectivity index (χ0n) is 44.1. The molecule has 12 rings (SSSR count). The lowest BCUT2D eigenvalue weighted by molar-refractivity contribution is 0.332. The van der Waals surface area contributed by atoms with Crippen LogP contribution in [0.3, 0.4) is 0 Å². The van der Waals surface area contributed by atoms with Crippen LogP contribution in [0.15, 0.2) is 91.0 Å². The van der Waals surface area contributed by atoms with Crippen LogP contribution in [0.25, 0.3) is 20.2 Å². The lowest BCUT2D eigenvalue weighted by Crippen LogP contribution is -2.62. The maximum atomic E-state index is 2.73. The summed E-state index contributed by atoms with van der Waals surface area (Å²) in [4.78, 5) is 5.46. The molecule has 0 atom stereocenters. The second-order valence-electron chi connectivity index (χ2n) is 27.2. The molecule has 0 spiro atoms. The number of hydrogen-bond acceptors (Lipinski definition) is 3. The van der Waals surface area contributed by atoms with E-state index in [0.717, 1.165) is 6.42 Å². The monoisotopic (exact) mass is 913 g/mol. The summed E-state index contributed by atoms with van der Waals surface area (Å²) < 4.78 is 2.73. The minimum atomic E-state index is 0.0509. The summed E-state index contributed by atoms with van der Waals surface area (Å²) in [5, 5.41) is 2.70. The Labute approximate surface area is 412 Å². The summed E-state index contributed by atoms with van der Waals surface area (Å²) in [5.74, 6) is 0. The van der Waals surface area contributed by atoms with Gasteiger partial charge in [-0.2, -0.15) is 0 Å². The maximum Gasteiger partial charge on any atom is 0.252 e. The van der Waals surface area contributed by atoms with Gasteiger partial charge in [-0.1, -0.05) is 146 Å². The minimum Gasteiger partial charge on any atom is -0.311 e. The van der Waals surface area contributed by atoms with Crippen molar-refractivity contribution < 1.29 is 0 Å². The molecule has 348 valence electrons. The van der Waals surface area contributed by atoms with Crippen molar-refractivity contribution in [3.63, 3.8) is 0 Å². The van der Waals surface area contributed by atoms with Gasteiger partial charge < -0.3 is 9.80 Å². The molecule has 2 aliphatic heterocycles. The van der Waals surface area contributed by atoms with E-state index in [1.807, 2.05) is 11.3 Å². The number of hydrogen-bond donors (Lipinski definition) is 0. The maximum absolute atomic E-state index is 2.73. The van der Waals surface area contributed by atoms with Crippen molar-refractivity contribution in [2.24, 2.45) is 0 Å². The van der Waals surface area contributed by atoms with Gasteiger partial charge in [0.25, 0.3) is 6.71 Å². The zero-order chi connectivity index (χ0) is 48.2. The molecule has 0 N–H and O–H groups in total. The van der Waals surface area contributed by atoms with Crippen molar-refractivity contribution >= 4 is 88.7 Å². The average Bonchev–Trinajstić information content (AvgIpc) is 3.72. The molecule has 3 aliphatic carbocycles. The van der Waals surface area contributed by atoms with E-state index in [-0.39, 0.29) is 44.6 Å². The molecule has 3 heterocycles. The largest absolute Gasteiger partial charge is 0.311 e. The molecule has 0 bridgehead atoms. The number of nitrogens with zero attached hydrogens (tertiary/aromatic N) is 2. The topological polar surface area (TPSA) is 6.48 Å². The van der Waals surface area contributed by atoms with Crippen LogP contribution in [-0.4, -0.2) is 6.71 Å². The Morgan fingerprint density at radius 2 is 0.985 bits per heavy atom. The summed E-state index contributed by atoms with van der Waals surface area (Å²) in [6, 6.07) is 37.8. The second-order valence-corrected chi connectivity index (χ2v) is 28.2. The standard InChI is InChI=1S/C64H73BN2S/c1-37-28-53-56-54(29-37)67(50-19-17-18-41-40-22-20-38(58(2,3)4)30-55(40)68-57(41)50)52-35-47-45(63(13,14)36-64(47,15)16)33-49(52)65(56)48-32-44-46(62(11,12)27-26-61(44,9)10)34-51(48)66(53)39-21-23-42-43(31-39)60(7,8)25-24-59(42,5)6/h17-23,28-35H,24-27,36H2,1-16H3. The molecule has 7 aromatic rings. The van der Waals surface area contributed by atoms with Gasteiger partial charge in [-0.3, -0.25) is 0 Å². The fraction of sp³-hybridized carbons (Fsp3) is 0.438. The van der Waals surface area contributed by atoms with Gasteiger partial charge in [0, 0.05) is 43.9 Å². The quantitative estimate of drug-likeness (QED) is 0.159. The number of fused-ring (bicyclic) bond motifs is 10. The van der Waals surface area contributed by atoms with Gasteiger partial charge in [0.15, 0.2) is 0 Å². The third kappa shape index (κ3) is 6.20. The highest BCUT2D eigenvalue weighted by molar-refractivity contribution is 7.26. The normalized spacial score (nSPS) is 20.7.